The zero-order valence-electron chi connectivity index (χ0n) is 18.7. The lowest BCUT2D eigenvalue weighted by Crippen LogP contribution is -2.48. The topological polar surface area (TPSA) is 69.7 Å². The quantitative estimate of drug-likeness (QED) is 0.506. The average Bonchev–Trinajstić information content (AvgIpc) is 3.01. The summed E-state index contributed by atoms with van der Waals surface area (Å²) in [6.45, 7) is 13.1. The Bertz CT molecular complexity index is 789. The van der Waals surface area contributed by atoms with Crippen LogP contribution in [0, 0.1) is 29.1 Å². The van der Waals surface area contributed by atoms with Crippen LogP contribution in [-0.2, 0) is 23.9 Å². The number of hydrogen-bond acceptors (Lipinski definition) is 5. The molecule has 2 fully saturated rings. The predicted octanol–water partition coefficient (Wildman–Crippen LogP) is 4.40. The molecule has 0 aromatic rings. The normalized spacial score (nSPS) is 38.6. The van der Waals surface area contributed by atoms with Crippen LogP contribution in [0.5, 0.6) is 0 Å². The fraction of sp³-hybridized carbons (Fsp3) is 0.708. The fourth-order valence-corrected chi connectivity index (χ4v) is 5.74. The van der Waals surface area contributed by atoms with Crippen LogP contribution in [0.1, 0.15) is 67.7 Å². The zero-order valence-corrected chi connectivity index (χ0v) is 18.7. The first kappa shape index (κ1) is 21.8. The molecule has 0 N–H and O–H groups in total. The van der Waals surface area contributed by atoms with Crippen LogP contribution < -0.4 is 0 Å². The molecule has 6 atom stereocenters. The number of allylic oxidation sites excluding steroid dienone is 2. The second-order valence-electron chi connectivity index (χ2n) is 9.95. The van der Waals surface area contributed by atoms with Crippen molar-refractivity contribution < 1.29 is 23.9 Å². The van der Waals surface area contributed by atoms with Crippen LogP contribution >= 0.6 is 0 Å². The maximum atomic E-state index is 13.8. The molecule has 0 aromatic heterocycles. The number of Topliss-reactive ketones (excluding diaryl/α,β-unsaturated/α-hetero) is 1. The molecule has 0 heterocycles. The van der Waals surface area contributed by atoms with Gasteiger partial charge in [0.25, 0.3) is 0 Å². The molecule has 160 valence electrons. The Balaban J connectivity index is 2.13. The second-order valence-corrected chi connectivity index (χ2v) is 9.95. The van der Waals surface area contributed by atoms with Gasteiger partial charge >= 0.3 is 11.9 Å². The van der Waals surface area contributed by atoms with Crippen molar-refractivity contribution >= 4 is 17.7 Å². The Morgan fingerprint density at radius 2 is 1.72 bits per heavy atom. The van der Waals surface area contributed by atoms with E-state index in [4.69, 9.17) is 9.47 Å². The van der Waals surface area contributed by atoms with Crippen molar-refractivity contribution in [3.8, 4) is 0 Å². The van der Waals surface area contributed by atoms with Crippen LogP contribution in [0.4, 0.5) is 0 Å². The third-order valence-corrected chi connectivity index (χ3v) is 7.33. The number of ketones is 1. The van der Waals surface area contributed by atoms with Gasteiger partial charge in [-0.3, -0.25) is 14.4 Å². The minimum Gasteiger partial charge on any atom is -0.461 e. The number of fused-ring (bicyclic) bond motifs is 2. The summed E-state index contributed by atoms with van der Waals surface area (Å²) in [5, 5.41) is 0. The van der Waals surface area contributed by atoms with Crippen molar-refractivity contribution in [3.63, 3.8) is 0 Å². The van der Waals surface area contributed by atoms with E-state index in [1.54, 1.807) is 0 Å². The van der Waals surface area contributed by atoms with E-state index in [9.17, 15) is 14.4 Å². The van der Waals surface area contributed by atoms with E-state index >= 15 is 0 Å². The second kappa shape index (κ2) is 7.41. The number of carbonyl (C=O) groups is 3. The monoisotopic (exact) mass is 402 g/mol. The van der Waals surface area contributed by atoms with Gasteiger partial charge in [-0.2, -0.15) is 0 Å². The fourth-order valence-electron chi connectivity index (χ4n) is 5.74. The molecule has 5 nitrogen and oxygen atoms in total. The Morgan fingerprint density at radius 3 is 2.31 bits per heavy atom. The third kappa shape index (κ3) is 3.80. The summed E-state index contributed by atoms with van der Waals surface area (Å²) in [6, 6.07) is 0. The van der Waals surface area contributed by atoms with Crippen molar-refractivity contribution in [1.82, 2.24) is 0 Å². The summed E-state index contributed by atoms with van der Waals surface area (Å²) in [6.07, 6.45) is 5.94. The number of carbonyl (C=O) groups excluding carboxylic acids is 3. The molecule has 3 aliphatic rings. The Labute approximate surface area is 173 Å². The third-order valence-electron chi connectivity index (χ3n) is 7.33. The van der Waals surface area contributed by atoms with E-state index in [2.05, 4.69) is 26.8 Å². The van der Waals surface area contributed by atoms with Crippen LogP contribution in [-0.4, -0.2) is 29.4 Å². The molecule has 0 unspecified atom stereocenters. The highest BCUT2D eigenvalue weighted by atomic mass is 16.6. The van der Waals surface area contributed by atoms with Gasteiger partial charge in [-0.05, 0) is 55.4 Å². The van der Waals surface area contributed by atoms with Gasteiger partial charge in [0.05, 0.1) is 5.92 Å². The summed E-state index contributed by atoms with van der Waals surface area (Å²) in [7, 11) is 0. The maximum Gasteiger partial charge on any atom is 0.303 e. The standard InChI is InChI=1S/C24H34O5/c1-13-8-9-18-19(23(18,6)7)11-14(2)22(27)24(29-17(5)26)12-15(3)21(20(24)10-13)28-16(4)25/h10-11,15,18-21H,8-9,12H2,1-7H3/t15-,18-,19+,20-,21-,24+/m0/s1. The highest BCUT2D eigenvalue weighted by Crippen LogP contribution is 2.62. The molecule has 0 spiro atoms. The lowest BCUT2D eigenvalue weighted by atomic mass is 9.81. The first-order valence-corrected chi connectivity index (χ1v) is 10.7. The van der Waals surface area contributed by atoms with Crippen molar-refractivity contribution in [1.29, 1.82) is 0 Å². The van der Waals surface area contributed by atoms with Gasteiger partial charge in [0.1, 0.15) is 6.10 Å². The molecule has 0 radical (unpaired) electrons. The first-order chi connectivity index (χ1) is 13.4. The molecule has 0 aliphatic heterocycles. The molecule has 3 aliphatic carbocycles. The smallest absolute Gasteiger partial charge is 0.303 e. The van der Waals surface area contributed by atoms with Crippen LogP contribution in [0.2, 0.25) is 0 Å². The highest BCUT2D eigenvalue weighted by molar-refractivity contribution is 6.03. The minimum absolute atomic E-state index is 0.0999. The van der Waals surface area contributed by atoms with Crippen LogP contribution in [0.15, 0.2) is 23.3 Å². The molecule has 5 heteroatoms. The summed E-state index contributed by atoms with van der Waals surface area (Å²) in [4.78, 5) is 37.6. The van der Waals surface area contributed by atoms with Gasteiger partial charge in [-0.25, -0.2) is 0 Å². The lowest BCUT2D eigenvalue weighted by molar-refractivity contribution is -0.169. The van der Waals surface area contributed by atoms with Gasteiger partial charge in [0, 0.05) is 20.3 Å². The van der Waals surface area contributed by atoms with Crippen molar-refractivity contribution in [2.24, 2.45) is 29.1 Å². The average molecular weight is 403 g/mol. The first-order valence-electron chi connectivity index (χ1n) is 10.7. The van der Waals surface area contributed by atoms with Gasteiger partial charge < -0.3 is 9.47 Å². The van der Waals surface area contributed by atoms with E-state index in [0.29, 0.717) is 23.8 Å². The molecule has 0 bridgehead atoms. The zero-order chi connectivity index (χ0) is 21.7. The molecular formula is C24H34O5. The molecule has 3 rings (SSSR count). The largest absolute Gasteiger partial charge is 0.461 e. The van der Waals surface area contributed by atoms with Crippen LogP contribution in [0.25, 0.3) is 0 Å². The van der Waals surface area contributed by atoms with E-state index in [-0.39, 0.29) is 23.1 Å². The summed E-state index contributed by atoms with van der Waals surface area (Å²) < 4.78 is 11.5. The van der Waals surface area contributed by atoms with Crippen molar-refractivity contribution in [2.75, 3.05) is 0 Å². The van der Waals surface area contributed by atoms with Crippen LogP contribution in [0.3, 0.4) is 0 Å². The van der Waals surface area contributed by atoms with Gasteiger partial charge in [-0.1, -0.05) is 38.5 Å². The van der Waals surface area contributed by atoms with Gasteiger partial charge in [-0.15, -0.1) is 0 Å². The summed E-state index contributed by atoms with van der Waals surface area (Å²) in [5.74, 6) is -0.721. The van der Waals surface area contributed by atoms with Gasteiger partial charge in [0.2, 0.25) is 5.78 Å². The molecule has 29 heavy (non-hydrogen) atoms. The van der Waals surface area contributed by atoms with Crippen molar-refractivity contribution in [3.05, 3.63) is 23.3 Å². The molecule has 0 saturated heterocycles. The summed E-state index contributed by atoms with van der Waals surface area (Å²) in [5.41, 5.74) is 0.636. The molecular weight excluding hydrogens is 368 g/mol. The maximum absolute atomic E-state index is 13.8. The number of rotatable bonds is 2. The Hall–Kier alpha value is -1.91. The van der Waals surface area contributed by atoms with E-state index in [1.165, 1.54) is 13.8 Å². The van der Waals surface area contributed by atoms with Crippen molar-refractivity contribution in [2.45, 2.75) is 79.4 Å². The predicted molar refractivity (Wildman–Crippen MR) is 110 cm³/mol. The van der Waals surface area contributed by atoms with Gasteiger partial charge in [0.15, 0.2) is 5.60 Å². The molecule has 2 saturated carbocycles. The van der Waals surface area contributed by atoms with E-state index < -0.39 is 23.6 Å². The Kier molecular flexibility index (Phi) is 5.57. The van der Waals surface area contributed by atoms with E-state index in [0.717, 1.165) is 18.4 Å². The Morgan fingerprint density at radius 1 is 1.07 bits per heavy atom. The summed E-state index contributed by atoms with van der Waals surface area (Å²) >= 11 is 0. The lowest BCUT2D eigenvalue weighted by Gasteiger charge is -2.34. The molecule has 0 aromatic carbocycles. The minimum atomic E-state index is -1.33. The molecule has 0 amide bonds. The number of ether oxygens (including phenoxy) is 2. The number of hydrogen-bond donors (Lipinski definition) is 0. The van der Waals surface area contributed by atoms with E-state index in [1.807, 2.05) is 19.9 Å². The SMILES string of the molecule is CC(=O)O[C@H]1[C@@H](C)C[C@]2(OC(C)=O)C(=O)C(C)=C[C@@H]3[C@H](CCC(C)=C[C@@H]12)C3(C)C. The highest BCUT2D eigenvalue weighted by Gasteiger charge is 2.61. The number of esters is 2.